The topological polar surface area (TPSA) is 56.1 Å². The third kappa shape index (κ3) is 4.43. The second-order valence-electron chi connectivity index (χ2n) is 8.64. The van der Waals surface area contributed by atoms with E-state index < -0.39 is 0 Å². The molecule has 1 fully saturated rings. The Balaban J connectivity index is 1.59. The smallest absolute Gasteiger partial charge is 0.266 e. The molecule has 0 amide bonds. The summed E-state index contributed by atoms with van der Waals surface area (Å²) in [5.41, 5.74) is 3.90. The summed E-state index contributed by atoms with van der Waals surface area (Å²) in [6, 6.07) is 13.8. The average Bonchev–Trinajstić information content (AvgIpc) is 3.56. The molecule has 1 aliphatic rings. The van der Waals surface area contributed by atoms with E-state index in [2.05, 4.69) is 0 Å². The first-order valence-electron chi connectivity index (χ1n) is 11.3. The molecule has 0 bridgehead atoms. The second-order valence-corrected chi connectivity index (χ2v) is 9.51. The summed E-state index contributed by atoms with van der Waals surface area (Å²) in [7, 11) is 5.64. The summed E-state index contributed by atoms with van der Waals surface area (Å²) in [5, 5.41) is 1.88. The summed E-state index contributed by atoms with van der Waals surface area (Å²) < 4.78 is 13.3. The Kier molecular flexibility index (Phi) is 6.11. The Labute approximate surface area is 202 Å². The molecule has 5 rings (SSSR count). The van der Waals surface area contributed by atoms with Crippen molar-refractivity contribution in [2.75, 3.05) is 32.7 Å². The van der Waals surface area contributed by atoms with E-state index in [-0.39, 0.29) is 5.56 Å². The van der Waals surface area contributed by atoms with Crippen LogP contribution in [0.4, 0.5) is 5.69 Å². The maximum atomic E-state index is 13.4. The van der Waals surface area contributed by atoms with E-state index in [1.165, 1.54) is 24.2 Å². The van der Waals surface area contributed by atoms with Crippen LogP contribution in [0.15, 0.2) is 58.8 Å². The number of ether oxygens (including phenoxy) is 2. The van der Waals surface area contributed by atoms with Gasteiger partial charge in [-0.05, 0) is 54.7 Å². The van der Waals surface area contributed by atoms with E-state index in [0.29, 0.717) is 34.5 Å². The standard InChI is InChI=1S/C27H27N3O3S/c1-29(2)21-12-9-19(10-13-21)24-22(28-27-30(26(24)31)15-16-34-27)14-11-20-5-4-6-23(32-3)25(20)33-17-18-7-8-18/h4-6,9-16,18H,7-8,17H2,1-3H3/b14-11+. The van der Waals surface area contributed by atoms with Crippen LogP contribution >= 0.6 is 11.3 Å². The quantitative estimate of drug-likeness (QED) is 0.340. The molecular weight excluding hydrogens is 446 g/mol. The van der Waals surface area contributed by atoms with Gasteiger partial charge in [0.15, 0.2) is 16.5 Å². The Morgan fingerprint density at radius 1 is 1.15 bits per heavy atom. The summed E-state index contributed by atoms with van der Waals surface area (Å²) in [4.78, 5) is 20.9. The third-order valence-corrected chi connectivity index (χ3v) is 6.73. The largest absolute Gasteiger partial charge is 0.493 e. The Morgan fingerprint density at radius 3 is 2.65 bits per heavy atom. The monoisotopic (exact) mass is 473 g/mol. The molecular formula is C27H27N3O3S. The van der Waals surface area contributed by atoms with E-state index >= 15 is 0 Å². The third-order valence-electron chi connectivity index (χ3n) is 5.98. The molecule has 0 N–H and O–H groups in total. The highest BCUT2D eigenvalue weighted by atomic mass is 32.1. The minimum Gasteiger partial charge on any atom is -0.493 e. The van der Waals surface area contributed by atoms with E-state index in [4.69, 9.17) is 14.5 Å². The number of hydrogen-bond donors (Lipinski definition) is 0. The fourth-order valence-corrected chi connectivity index (χ4v) is 4.56. The normalized spacial score (nSPS) is 13.5. The number of hydrogen-bond acceptors (Lipinski definition) is 6. The molecule has 0 aliphatic heterocycles. The van der Waals surface area contributed by atoms with E-state index in [9.17, 15) is 4.79 Å². The molecule has 0 radical (unpaired) electrons. The maximum Gasteiger partial charge on any atom is 0.266 e. The lowest BCUT2D eigenvalue weighted by atomic mass is 10.0. The van der Waals surface area contributed by atoms with Crippen LogP contribution in [0.3, 0.4) is 0 Å². The molecule has 6 nitrogen and oxygen atoms in total. The first kappa shape index (κ1) is 22.2. The summed E-state index contributed by atoms with van der Waals surface area (Å²) in [6.07, 6.45) is 8.05. The number of aromatic nitrogens is 2. The van der Waals surface area contributed by atoms with Crippen LogP contribution < -0.4 is 19.9 Å². The minimum absolute atomic E-state index is 0.0839. The lowest BCUT2D eigenvalue weighted by Crippen LogP contribution is -2.17. The van der Waals surface area contributed by atoms with Gasteiger partial charge >= 0.3 is 0 Å². The van der Waals surface area contributed by atoms with Crippen LogP contribution in [-0.4, -0.2) is 37.2 Å². The number of nitrogens with zero attached hydrogens (tertiary/aromatic N) is 3. The Bertz CT molecular complexity index is 1400. The SMILES string of the molecule is COc1cccc(/C=C/c2nc3sccn3c(=O)c2-c2ccc(N(C)C)cc2)c1OCC1CC1. The van der Waals surface area contributed by atoms with Gasteiger partial charge in [0.2, 0.25) is 0 Å². The van der Waals surface area contributed by atoms with Gasteiger partial charge in [0.05, 0.1) is 25.0 Å². The predicted molar refractivity (Wildman–Crippen MR) is 139 cm³/mol. The molecule has 1 saturated carbocycles. The average molecular weight is 474 g/mol. The molecule has 0 atom stereocenters. The van der Waals surface area contributed by atoms with Gasteiger partial charge in [0.1, 0.15) is 0 Å². The maximum absolute atomic E-state index is 13.4. The van der Waals surface area contributed by atoms with Crippen molar-refractivity contribution in [1.29, 1.82) is 0 Å². The summed E-state index contributed by atoms with van der Waals surface area (Å²) in [6.45, 7) is 0.686. The van der Waals surface area contributed by atoms with Crippen LogP contribution in [0.1, 0.15) is 24.1 Å². The van der Waals surface area contributed by atoms with Crippen LogP contribution in [0.2, 0.25) is 0 Å². The molecule has 2 aromatic carbocycles. The van der Waals surface area contributed by atoms with Crippen molar-refractivity contribution in [2.24, 2.45) is 5.92 Å². The van der Waals surface area contributed by atoms with Gasteiger partial charge in [0, 0.05) is 36.9 Å². The van der Waals surface area contributed by atoms with E-state index in [1.807, 2.05) is 79.0 Å². The predicted octanol–water partition coefficient (Wildman–Crippen LogP) is 5.46. The zero-order valence-corrected chi connectivity index (χ0v) is 20.3. The van der Waals surface area contributed by atoms with Gasteiger partial charge < -0.3 is 14.4 Å². The highest BCUT2D eigenvalue weighted by Crippen LogP contribution is 2.36. The van der Waals surface area contributed by atoms with Crippen molar-refractivity contribution >= 4 is 34.1 Å². The molecule has 34 heavy (non-hydrogen) atoms. The molecule has 2 heterocycles. The van der Waals surface area contributed by atoms with Crippen LogP contribution in [0, 0.1) is 5.92 Å². The fourth-order valence-electron chi connectivity index (χ4n) is 3.85. The van der Waals surface area contributed by atoms with Crippen molar-refractivity contribution in [1.82, 2.24) is 9.38 Å². The first-order chi connectivity index (χ1) is 16.5. The molecule has 2 aromatic heterocycles. The second kappa shape index (κ2) is 9.35. The molecule has 1 aliphatic carbocycles. The molecule has 174 valence electrons. The zero-order chi connectivity index (χ0) is 23.7. The number of thiazole rings is 1. The number of para-hydroxylation sites is 1. The zero-order valence-electron chi connectivity index (χ0n) is 19.5. The highest BCUT2D eigenvalue weighted by molar-refractivity contribution is 7.15. The van der Waals surface area contributed by atoms with Gasteiger partial charge in [-0.2, -0.15) is 0 Å². The minimum atomic E-state index is -0.0839. The number of methoxy groups -OCH3 is 1. The van der Waals surface area contributed by atoms with Gasteiger partial charge in [-0.3, -0.25) is 9.20 Å². The van der Waals surface area contributed by atoms with Crippen LogP contribution in [0.25, 0.3) is 28.2 Å². The van der Waals surface area contributed by atoms with Crippen molar-refractivity contribution < 1.29 is 9.47 Å². The van der Waals surface area contributed by atoms with Crippen LogP contribution in [0.5, 0.6) is 11.5 Å². The van der Waals surface area contributed by atoms with Crippen molar-refractivity contribution in [3.63, 3.8) is 0 Å². The van der Waals surface area contributed by atoms with Gasteiger partial charge in [-0.25, -0.2) is 4.98 Å². The van der Waals surface area contributed by atoms with Gasteiger partial charge in [-0.15, -0.1) is 11.3 Å². The van der Waals surface area contributed by atoms with E-state index in [0.717, 1.165) is 22.6 Å². The molecule has 0 saturated heterocycles. The van der Waals surface area contributed by atoms with Gasteiger partial charge in [0.25, 0.3) is 5.56 Å². The lowest BCUT2D eigenvalue weighted by molar-refractivity contribution is 0.280. The lowest BCUT2D eigenvalue weighted by Gasteiger charge is -2.14. The first-order valence-corrected chi connectivity index (χ1v) is 12.2. The number of fused-ring (bicyclic) bond motifs is 1. The molecule has 0 unspecified atom stereocenters. The molecule has 7 heteroatoms. The van der Waals surface area contributed by atoms with Crippen molar-refractivity contribution in [3.05, 3.63) is 75.7 Å². The van der Waals surface area contributed by atoms with E-state index in [1.54, 1.807) is 17.7 Å². The number of anilines is 1. The highest BCUT2D eigenvalue weighted by Gasteiger charge is 2.23. The Hall–Kier alpha value is -3.58. The number of benzene rings is 2. The van der Waals surface area contributed by atoms with Crippen molar-refractivity contribution in [2.45, 2.75) is 12.8 Å². The van der Waals surface area contributed by atoms with Crippen LogP contribution in [-0.2, 0) is 0 Å². The number of rotatable bonds is 8. The fraction of sp³-hybridized carbons (Fsp3) is 0.259. The molecule has 0 spiro atoms. The summed E-state index contributed by atoms with van der Waals surface area (Å²) >= 11 is 1.44. The Morgan fingerprint density at radius 2 is 1.94 bits per heavy atom. The van der Waals surface area contributed by atoms with Gasteiger partial charge in [-0.1, -0.05) is 24.3 Å². The van der Waals surface area contributed by atoms with Crippen molar-refractivity contribution in [3.8, 4) is 22.6 Å². The summed E-state index contributed by atoms with van der Waals surface area (Å²) in [5.74, 6) is 2.05. The molecule has 4 aromatic rings.